The molecule has 106 valence electrons. The summed E-state index contributed by atoms with van der Waals surface area (Å²) < 4.78 is 6.25. The number of benzene rings is 1. The minimum absolute atomic E-state index is 0.323. The van der Waals surface area contributed by atoms with Gasteiger partial charge in [0.05, 0.1) is 6.10 Å². The normalized spacial score (nSPS) is 25.0. The summed E-state index contributed by atoms with van der Waals surface area (Å²) in [5.74, 6) is 1.54. The first-order valence-corrected chi connectivity index (χ1v) is 7.69. The molecule has 2 heteroatoms. The van der Waals surface area contributed by atoms with Gasteiger partial charge in [-0.05, 0) is 44.1 Å². The highest BCUT2D eigenvalue weighted by Gasteiger charge is 2.26. The summed E-state index contributed by atoms with van der Waals surface area (Å²) in [6, 6.07) is 7.94. The van der Waals surface area contributed by atoms with Crippen molar-refractivity contribution in [1.82, 2.24) is 0 Å². The number of aliphatic hydroxyl groups is 1. The third-order valence-corrected chi connectivity index (χ3v) is 4.31. The van der Waals surface area contributed by atoms with Gasteiger partial charge in [-0.2, -0.15) is 0 Å². The molecule has 0 radical (unpaired) electrons. The third-order valence-electron chi connectivity index (χ3n) is 4.31. The van der Waals surface area contributed by atoms with E-state index in [4.69, 9.17) is 4.74 Å². The van der Waals surface area contributed by atoms with Crippen LogP contribution in [0, 0.1) is 5.92 Å². The predicted molar refractivity (Wildman–Crippen MR) is 78.4 cm³/mol. The molecule has 1 saturated carbocycles. The van der Waals surface area contributed by atoms with Crippen molar-refractivity contribution in [3.8, 4) is 5.75 Å². The lowest BCUT2D eigenvalue weighted by Crippen LogP contribution is -2.30. The van der Waals surface area contributed by atoms with Gasteiger partial charge >= 0.3 is 0 Å². The summed E-state index contributed by atoms with van der Waals surface area (Å²) in [6.45, 7) is 4.25. The largest absolute Gasteiger partial charge is 0.490 e. The lowest BCUT2D eigenvalue weighted by atomic mass is 9.84. The van der Waals surface area contributed by atoms with Gasteiger partial charge in [0.2, 0.25) is 0 Å². The summed E-state index contributed by atoms with van der Waals surface area (Å²) >= 11 is 0. The lowest BCUT2D eigenvalue weighted by molar-refractivity contribution is 0.0841. The Bertz CT molecular complexity index is 389. The Labute approximate surface area is 116 Å². The van der Waals surface area contributed by atoms with Gasteiger partial charge in [0.1, 0.15) is 11.9 Å². The monoisotopic (exact) mass is 262 g/mol. The summed E-state index contributed by atoms with van der Waals surface area (Å²) in [5, 5.41) is 10.1. The Balaban J connectivity index is 2.13. The molecule has 2 unspecified atom stereocenters. The maximum absolute atomic E-state index is 10.1. The van der Waals surface area contributed by atoms with E-state index in [-0.39, 0.29) is 0 Å². The maximum atomic E-state index is 10.1. The molecule has 1 aromatic rings. The van der Waals surface area contributed by atoms with Gasteiger partial charge in [0.15, 0.2) is 0 Å². The summed E-state index contributed by atoms with van der Waals surface area (Å²) in [6.07, 6.45) is 6.83. The molecule has 0 amide bonds. The molecule has 0 aliphatic heterocycles. The van der Waals surface area contributed by atoms with Crippen LogP contribution in [0.4, 0.5) is 0 Å². The van der Waals surface area contributed by atoms with E-state index in [9.17, 15) is 5.11 Å². The van der Waals surface area contributed by atoms with Crippen LogP contribution in [0.1, 0.15) is 64.0 Å². The lowest BCUT2D eigenvalue weighted by Gasteiger charge is -2.32. The number of aliphatic hydroxyl groups excluding tert-OH is 1. The molecule has 1 aliphatic carbocycles. The quantitative estimate of drug-likeness (QED) is 0.848. The zero-order valence-electron chi connectivity index (χ0n) is 12.1. The minimum Gasteiger partial charge on any atom is -0.490 e. The SMILES string of the molecule is CCC1CCCCC1Oc1ccccc1[C@@H](O)CC. The highest BCUT2D eigenvalue weighted by atomic mass is 16.5. The Hall–Kier alpha value is -1.02. The van der Waals surface area contributed by atoms with Crippen LogP contribution in [0.3, 0.4) is 0 Å². The molecule has 1 aliphatic rings. The van der Waals surface area contributed by atoms with Gasteiger partial charge in [-0.25, -0.2) is 0 Å². The zero-order valence-corrected chi connectivity index (χ0v) is 12.1. The highest BCUT2D eigenvalue weighted by Crippen LogP contribution is 2.33. The molecule has 0 heterocycles. The van der Waals surface area contributed by atoms with Crippen molar-refractivity contribution in [3.05, 3.63) is 29.8 Å². The van der Waals surface area contributed by atoms with Crippen LogP contribution in [-0.2, 0) is 0 Å². The summed E-state index contributed by atoms with van der Waals surface area (Å²) in [5.41, 5.74) is 0.936. The van der Waals surface area contributed by atoms with Crippen molar-refractivity contribution in [2.24, 2.45) is 5.92 Å². The average Bonchev–Trinajstić information content (AvgIpc) is 2.47. The number of ether oxygens (including phenoxy) is 1. The first-order valence-electron chi connectivity index (χ1n) is 7.69. The zero-order chi connectivity index (χ0) is 13.7. The number of hydrogen-bond acceptors (Lipinski definition) is 2. The average molecular weight is 262 g/mol. The Morgan fingerprint density at radius 3 is 2.68 bits per heavy atom. The first-order chi connectivity index (χ1) is 9.26. The van der Waals surface area contributed by atoms with E-state index >= 15 is 0 Å². The van der Waals surface area contributed by atoms with Gasteiger partial charge in [-0.3, -0.25) is 0 Å². The first kappa shape index (κ1) is 14.4. The standard InChI is InChI=1S/C17H26O2/c1-3-13-9-5-7-11-16(13)19-17-12-8-6-10-14(17)15(18)4-2/h6,8,10,12-13,15-16,18H,3-5,7,9,11H2,1-2H3/t13?,15-,16?/m0/s1. The second kappa shape index (κ2) is 6.95. The van der Waals surface area contributed by atoms with Gasteiger partial charge in [-0.1, -0.05) is 38.5 Å². The molecule has 1 fully saturated rings. The molecule has 0 bridgehead atoms. The Morgan fingerprint density at radius 2 is 1.95 bits per heavy atom. The van der Waals surface area contributed by atoms with Crippen molar-refractivity contribution >= 4 is 0 Å². The van der Waals surface area contributed by atoms with E-state index in [1.807, 2.05) is 31.2 Å². The van der Waals surface area contributed by atoms with Crippen molar-refractivity contribution in [3.63, 3.8) is 0 Å². The molecule has 0 saturated heterocycles. The van der Waals surface area contributed by atoms with Crippen LogP contribution in [0.2, 0.25) is 0 Å². The minimum atomic E-state index is -0.417. The third kappa shape index (κ3) is 3.50. The Morgan fingerprint density at radius 1 is 1.21 bits per heavy atom. The van der Waals surface area contributed by atoms with Crippen LogP contribution < -0.4 is 4.74 Å². The Kier molecular flexibility index (Phi) is 5.26. The van der Waals surface area contributed by atoms with Crippen molar-refractivity contribution in [2.75, 3.05) is 0 Å². The van der Waals surface area contributed by atoms with Crippen LogP contribution in [-0.4, -0.2) is 11.2 Å². The van der Waals surface area contributed by atoms with Crippen LogP contribution in [0.5, 0.6) is 5.75 Å². The molecule has 19 heavy (non-hydrogen) atoms. The van der Waals surface area contributed by atoms with E-state index in [0.29, 0.717) is 12.0 Å². The molecule has 1 N–H and O–H groups in total. The summed E-state index contributed by atoms with van der Waals surface area (Å²) in [7, 11) is 0. The molecule has 1 aromatic carbocycles. The van der Waals surface area contributed by atoms with Crippen LogP contribution >= 0.6 is 0 Å². The van der Waals surface area contributed by atoms with Gasteiger partial charge in [-0.15, -0.1) is 0 Å². The van der Waals surface area contributed by atoms with Gasteiger partial charge in [0, 0.05) is 5.56 Å². The highest BCUT2D eigenvalue weighted by molar-refractivity contribution is 5.35. The maximum Gasteiger partial charge on any atom is 0.125 e. The second-order valence-electron chi connectivity index (χ2n) is 5.57. The van der Waals surface area contributed by atoms with Crippen molar-refractivity contribution in [1.29, 1.82) is 0 Å². The molecule has 3 atom stereocenters. The van der Waals surface area contributed by atoms with Crippen molar-refractivity contribution < 1.29 is 9.84 Å². The number of hydrogen-bond donors (Lipinski definition) is 1. The van der Waals surface area contributed by atoms with Crippen LogP contribution in [0.25, 0.3) is 0 Å². The molecule has 0 spiro atoms. The molecular formula is C17H26O2. The van der Waals surface area contributed by atoms with E-state index in [1.54, 1.807) is 0 Å². The second-order valence-corrected chi connectivity index (χ2v) is 5.57. The molecular weight excluding hydrogens is 236 g/mol. The molecule has 2 rings (SSSR count). The van der Waals surface area contributed by atoms with Crippen LogP contribution in [0.15, 0.2) is 24.3 Å². The van der Waals surface area contributed by atoms with Gasteiger partial charge < -0.3 is 9.84 Å². The van der Waals surface area contributed by atoms with Gasteiger partial charge in [0.25, 0.3) is 0 Å². The van der Waals surface area contributed by atoms with E-state index in [2.05, 4.69) is 6.92 Å². The summed E-state index contributed by atoms with van der Waals surface area (Å²) in [4.78, 5) is 0. The fourth-order valence-corrected chi connectivity index (χ4v) is 3.04. The van der Waals surface area contributed by atoms with E-state index in [1.165, 1.54) is 25.7 Å². The number of para-hydroxylation sites is 1. The topological polar surface area (TPSA) is 29.5 Å². The molecule has 0 aromatic heterocycles. The van der Waals surface area contributed by atoms with Crippen molar-refractivity contribution in [2.45, 2.75) is 64.6 Å². The van der Waals surface area contributed by atoms with E-state index < -0.39 is 6.10 Å². The van der Waals surface area contributed by atoms with E-state index in [0.717, 1.165) is 24.2 Å². The fraction of sp³-hybridized carbons (Fsp3) is 0.647. The molecule has 2 nitrogen and oxygen atoms in total. The predicted octanol–water partition coefficient (Wildman–Crippen LogP) is 4.48. The number of rotatable bonds is 5. The fourth-order valence-electron chi connectivity index (χ4n) is 3.04. The smallest absolute Gasteiger partial charge is 0.125 e.